The fourth-order valence-corrected chi connectivity index (χ4v) is 4.63. The summed E-state index contributed by atoms with van der Waals surface area (Å²) in [6.07, 6.45) is 3.55. The third kappa shape index (κ3) is 6.03. The molecule has 186 valence electrons. The van der Waals surface area contributed by atoms with E-state index in [1.54, 1.807) is 0 Å². The maximum atomic E-state index is 13.4. The molecule has 0 radical (unpaired) electrons. The van der Waals surface area contributed by atoms with Crippen LogP contribution in [-0.2, 0) is 17.8 Å². The third-order valence-electron chi connectivity index (χ3n) is 6.48. The molecule has 0 spiro atoms. The molecule has 0 fully saturated rings. The van der Waals surface area contributed by atoms with Gasteiger partial charge in [0, 0.05) is 52.9 Å². The van der Waals surface area contributed by atoms with Crippen molar-refractivity contribution in [2.45, 2.75) is 52.6 Å². The number of hydrogen-bond acceptors (Lipinski definition) is 3. The Morgan fingerprint density at radius 3 is 2.28 bits per heavy atom. The zero-order valence-electron chi connectivity index (χ0n) is 21.2. The standard InChI is InChI=1S/C31H34N2O3/c1-21(2)19-23-10-12-24(13-11-23)22(3)32-26-16-14-25(15-17-26)31(36)28-20-33(18-6-9-30(34)35)29-8-5-4-7-27(28)29/h4-5,7-8,10-17,20-22,32H,6,9,18-19H2,1-3H3,(H,34,35). The summed E-state index contributed by atoms with van der Waals surface area (Å²) < 4.78 is 1.98. The zero-order valence-corrected chi connectivity index (χ0v) is 21.2. The van der Waals surface area contributed by atoms with Gasteiger partial charge in [-0.25, -0.2) is 0 Å². The molecular weight excluding hydrogens is 448 g/mol. The molecular formula is C31H34N2O3. The van der Waals surface area contributed by atoms with Gasteiger partial charge in [0.1, 0.15) is 0 Å². The van der Waals surface area contributed by atoms with Gasteiger partial charge in [-0.3, -0.25) is 9.59 Å². The quantitative estimate of drug-likeness (QED) is 0.224. The second-order valence-electron chi connectivity index (χ2n) is 9.86. The SMILES string of the molecule is CC(C)Cc1ccc(C(C)Nc2ccc(C(=O)c3cn(CCCC(=O)O)c4ccccc34)cc2)cc1. The number of para-hydroxylation sites is 1. The molecule has 0 aliphatic heterocycles. The second-order valence-corrected chi connectivity index (χ2v) is 9.86. The van der Waals surface area contributed by atoms with Crippen LogP contribution in [-0.4, -0.2) is 21.4 Å². The summed E-state index contributed by atoms with van der Waals surface area (Å²) in [4.78, 5) is 24.3. The summed E-state index contributed by atoms with van der Waals surface area (Å²) in [6, 6.07) is 24.3. The molecule has 1 unspecified atom stereocenters. The van der Waals surface area contributed by atoms with Crippen molar-refractivity contribution in [3.63, 3.8) is 0 Å². The lowest BCUT2D eigenvalue weighted by Crippen LogP contribution is -2.07. The normalized spacial score (nSPS) is 12.1. The van der Waals surface area contributed by atoms with E-state index in [-0.39, 0.29) is 18.2 Å². The number of benzene rings is 3. The van der Waals surface area contributed by atoms with Crippen LogP contribution < -0.4 is 5.32 Å². The van der Waals surface area contributed by atoms with Crippen LogP contribution in [0.3, 0.4) is 0 Å². The molecule has 3 aromatic carbocycles. The average Bonchev–Trinajstić information content (AvgIpc) is 3.22. The minimum Gasteiger partial charge on any atom is -0.481 e. The molecule has 0 saturated heterocycles. The highest BCUT2D eigenvalue weighted by Crippen LogP contribution is 2.26. The number of anilines is 1. The van der Waals surface area contributed by atoms with Crippen LogP contribution in [0.2, 0.25) is 0 Å². The molecule has 2 N–H and O–H groups in total. The van der Waals surface area contributed by atoms with Crippen LogP contribution in [0.4, 0.5) is 5.69 Å². The van der Waals surface area contributed by atoms with Gasteiger partial charge in [-0.2, -0.15) is 0 Å². The first kappa shape index (κ1) is 25.2. The van der Waals surface area contributed by atoms with Crippen molar-refractivity contribution in [2.24, 2.45) is 5.92 Å². The highest BCUT2D eigenvalue weighted by molar-refractivity contribution is 6.16. The van der Waals surface area contributed by atoms with Gasteiger partial charge in [0.25, 0.3) is 0 Å². The fraction of sp³-hybridized carbons (Fsp3) is 0.290. The number of ketones is 1. The lowest BCUT2D eigenvalue weighted by atomic mass is 9.99. The van der Waals surface area contributed by atoms with Crippen molar-refractivity contribution in [1.82, 2.24) is 4.57 Å². The topological polar surface area (TPSA) is 71.3 Å². The van der Waals surface area contributed by atoms with Crippen molar-refractivity contribution in [2.75, 3.05) is 5.32 Å². The number of carboxylic acids is 1. The van der Waals surface area contributed by atoms with E-state index in [1.807, 2.05) is 59.3 Å². The summed E-state index contributed by atoms with van der Waals surface area (Å²) in [5, 5.41) is 13.4. The predicted molar refractivity (Wildman–Crippen MR) is 146 cm³/mol. The fourth-order valence-electron chi connectivity index (χ4n) is 4.63. The van der Waals surface area contributed by atoms with Gasteiger partial charge in [-0.15, -0.1) is 0 Å². The van der Waals surface area contributed by atoms with Crippen LogP contribution in [0.5, 0.6) is 0 Å². The Hall–Kier alpha value is -3.86. The molecule has 36 heavy (non-hydrogen) atoms. The molecule has 0 amide bonds. The van der Waals surface area contributed by atoms with Gasteiger partial charge in [0.15, 0.2) is 5.78 Å². The van der Waals surface area contributed by atoms with Gasteiger partial charge < -0.3 is 15.0 Å². The number of carbonyl (C=O) groups is 2. The van der Waals surface area contributed by atoms with E-state index < -0.39 is 5.97 Å². The number of nitrogens with one attached hydrogen (secondary N) is 1. The first-order valence-corrected chi connectivity index (χ1v) is 12.6. The van der Waals surface area contributed by atoms with E-state index in [4.69, 9.17) is 5.11 Å². The van der Waals surface area contributed by atoms with E-state index in [1.165, 1.54) is 11.1 Å². The maximum Gasteiger partial charge on any atom is 0.303 e. The molecule has 4 aromatic rings. The molecule has 5 nitrogen and oxygen atoms in total. The Balaban J connectivity index is 1.47. The summed E-state index contributed by atoms with van der Waals surface area (Å²) in [5.74, 6) is -0.210. The van der Waals surface area contributed by atoms with Gasteiger partial charge in [0.2, 0.25) is 0 Å². The monoisotopic (exact) mass is 482 g/mol. The maximum absolute atomic E-state index is 13.4. The van der Waals surface area contributed by atoms with Gasteiger partial charge in [-0.05, 0) is 67.1 Å². The summed E-state index contributed by atoms with van der Waals surface area (Å²) in [6.45, 7) is 7.15. The van der Waals surface area contributed by atoms with Gasteiger partial charge >= 0.3 is 5.97 Å². The Morgan fingerprint density at radius 1 is 0.917 bits per heavy atom. The second kappa shape index (κ2) is 11.3. The first-order chi connectivity index (χ1) is 17.3. The van der Waals surface area contributed by atoms with Crippen LogP contribution in [0.25, 0.3) is 10.9 Å². The molecule has 0 saturated carbocycles. The molecule has 0 aliphatic rings. The Bertz CT molecular complexity index is 1330. The van der Waals surface area contributed by atoms with E-state index in [9.17, 15) is 9.59 Å². The number of aliphatic carboxylic acids is 1. The van der Waals surface area contributed by atoms with Crippen molar-refractivity contribution in [3.8, 4) is 0 Å². The lowest BCUT2D eigenvalue weighted by molar-refractivity contribution is -0.137. The molecule has 1 aromatic heterocycles. The summed E-state index contributed by atoms with van der Waals surface area (Å²) in [7, 11) is 0. The van der Waals surface area contributed by atoms with E-state index in [2.05, 4.69) is 50.4 Å². The third-order valence-corrected chi connectivity index (χ3v) is 6.48. The highest BCUT2D eigenvalue weighted by atomic mass is 16.4. The smallest absolute Gasteiger partial charge is 0.303 e. The Morgan fingerprint density at radius 2 is 1.61 bits per heavy atom. The number of rotatable bonds is 11. The van der Waals surface area contributed by atoms with Gasteiger partial charge in [-0.1, -0.05) is 56.3 Å². The minimum atomic E-state index is -0.811. The van der Waals surface area contributed by atoms with Crippen LogP contribution in [0, 0.1) is 5.92 Å². The van der Waals surface area contributed by atoms with Crippen molar-refractivity contribution < 1.29 is 14.7 Å². The van der Waals surface area contributed by atoms with Crippen LogP contribution in [0.1, 0.15) is 66.7 Å². The Labute approximate surface area is 212 Å². The number of aryl methyl sites for hydroxylation is 1. The number of fused-ring (bicyclic) bond motifs is 1. The summed E-state index contributed by atoms with van der Waals surface area (Å²) >= 11 is 0. The molecule has 5 heteroatoms. The minimum absolute atomic E-state index is 0.0384. The Kier molecular flexibility index (Phi) is 7.89. The van der Waals surface area contributed by atoms with Crippen LogP contribution >= 0.6 is 0 Å². The number of aromatic nitrogens is 1. The number of hydrogen-bond donors (Lipinski definition) is 2. The predicted octanol–water partition coefficient (Wildman–Crippen LogP) is 7.11. The van der Waals surface area contributed by atoms with E-state index in [0.29, 0.717) is 30.0 Å². The number of nitrogens with zero attached hydrogens (tertiary/aromatic N) is 1. The summed E-state index contributed by atoms with van der Waals surface area (Å²) in [5.41, 5.74) is 5.74. The van der Waals surface area contributed by atoms with E-state index in [0.717, 1.165) is 23.0 Å². The number of carboxylic acid groups (broad SMARTS) is 1. The van der Waals surface area contributed by atoms with Gasteiger partial charge in [0.05, 0.1) is 0 Å². The molecule has 0 bridgehead atoms. The largest absolute Gasteiger partial charge is 0.481 e. The first-order valence-electron chi connectivity index (χ1n) is 12.6. The van der Waals surface area contributed by atoms with E-state index >= 15 is 0 Å². The molecule has 1 atom stereocenters. The average molecular weight is 483 g/mol. The lowest BCUT2D eigenvalue weighted by Gasteiger charge is -2.17. The zero-order chi connectivity index (χ0) is 25.7. The highest BCUT2D eigenvalue weighted by Gasteiger charge is 2.17. The molecule has 1 heterocycles. The van der Waals surface area contributed by atoms with Crippen molar-refractivity contribution >= 4 is 28.3 Å². The van der Waals surface area contributed by atoms with Crippen molar-refractivity contribution in [1.29, 1.82) is 0 Å². The molecule has 4 rings (SSSR count). The molecule has 0 aliphatic carbocycles. The number of carbonyl (C=O) groups excluding carboxylic acids is 1. The van der Waals surface area contributed by atoms with Crippen molar-refractivity contribution in [3.05, 3.63) is 101 Å². The van der Waals surface area contributed by atoms with Crippen LogP contribution in [0.15, 0.2) is 79.0 Å².